The van der Waals surface area contributed by atoms with Gasteiger partial charge in [-0.25, -0.2) is 0 Å². The Labute approximate surface area is 114 Å². The van der Waals surface area contributed by atoms with Gasteiger partial charge in [-0.15, -0.1) is 0 Å². The van der Waals surface area contributed by atoms with Crippen LogP contribution in [0.3, 0.4) is 0 Å². The van der Waals surface area contributed by atoms with E-state index in [0.717, 1.165) is 5.39 Å². The smallest absolute Gasteiger partial charge is 0.153 e. The number of hydrogen-bond acceptors (Lipinski definition) is 4. The summed E-state index contributed by atoms with van der Waals surface area (Å²) in [6, 6.07) is 7.18. The fourth-order valence-electron chi connectivity index (χ4n) is 2.01. The molecule has 1 atom stereocenters. The summed E-state index contributed by atoms with van der Waals surface area (Å²) < 4.78 is 7.10. The number of anilines is 1. The molecule has 0 fully saturated rings. The Morgan fingerprint density at radius 2 is 2.26 bits per heavy atom. The number of halogens is 1. The second kappa shape index (κ2) is 4.29. The summed E-state index contributed by atoms with van der Waals surface area (Å²) in [5.74, 6) is 0.793. The molecule has 3 rings (SSSR count). The highest BCUT2D eigenvalue weighted by atomic mass is 35.5. The fraction of sp³-hybridized carbons (Fsp3) is 0.154. The van der Waals surface area contributed by atoms with Crippen LogP contribution in [0.15, 0.2) is 34.9 Å². The van der Waals surface area contributed by atoms with E-state index in [1.54, 1.807) is 19.2 Å². The maximum atomic E-state index is 10.3. The number of hydrogen-bond donors (Lipinski definition) is 2. The second-order valence-corrected chi connectivity index (χ2v) is 4.73. The molecule has 0 aliphatic carbocycles. The van der Waals surface area contributed by atoms with E-state index < -0.39 is 6.10 Å². The van der Waals surface area contributed by atoms with E-state index in [-0.39, 0.29) is 0 Å². The average molecular weight is 278 g/mol. The second-order valence-electron chi connectivity index (χ2n) is 4.32. The first-order valence-corrected chi connectivity index (χ1v) is 6.09. The Hall–Kier alpha value is -1.98. The lowest BCUT2D eigenvalue weighted by atomic mass is 10.1. The van der Waals surface area contributed by atoms with Gasteiger partial charge in [-0.3, -0.25) is 4.68 Å². The minimum atomic E-state index is -0.961. The number of fused-ring (bicyclic) bond motifs is 1. The predicted molar refractivity (Wildman–Crippen MR) is 72.9 cm³/mol. The maximum absolute atomic E-state index is 10.3. The van der Waals surface area contributed by atoms with Crippen LogP contribution >= 0.6 is 11.6 Å². The van der Waals surface area contributed by atoms with E-state index in [2.05, 4.69) is 5.10 Å². The highest BCUT2D eigenvalue weighted by molar-refractivity contribution is 6.34. The number of para-hydroxylation sites is 1. The molecular weight excluding hydrogens is 266 g/mol. The molecule has 3 aromatic rings. The highest BCUT2D eigenvalue weighted by Gasteiger charge is 2.21. The topological polar surface area (TPSA) is 77.2 Å². The van der Waals surface area contributed by atoms with Crippen molar-refractivity contribution in [1.82, 2.24) is 9.78 Å². The van der Waals surface area contributed by atoms with E-state index in [9.17, 15) is 5.11 Å². The van der Waals surface area contributed by atoms with Crippen molar-refractivity contribution in [1.29, 1.82) is 0 Å². The number of nitrogen functional groups attached to an aromatic ring is 1. The van der Waals surface area contributed by atoms with Crippen LogP contribution in [0.2, 0.25) is 5.02 Å². The monoisotopic (exact) mass is 277 g/mol. The highest BCUT2D eigenvalue weighted by Crippen LogP contribution is 2.33. The normalized spacial score (nSPS) is 13.0. The van der Waals surface area contributed by atoms with Gasteiger partial charge >= 0.3 is 0 Å². The van der Waals surface area contributed by atoms with Gasteiger partial charge in [-0.05, 0) is 12.1 Å². The fourth-order valence-corrected chi connectivity index (χ4v) is 2.23. The van der Waals surface area contributed by atoms with Crippen LogP contribution in [0.1, 0.15) is 17.4 Å². The largest absolute Gasteiger partial charge is 0.456 e. The van der Waals surface area contributed by atoms with Gasteiger partial charge in [-0.1, -0.05) is 23.7 Å². The van der Waals surface area contributed by atoms with Crippen LogP contribution in [0.4, 0.5) is 5.82 Å². The molecule has 1 aromatic carbocycles. The summed E-state index contributed by atoms with van der Waals surface area (Å²) >= 11 is 6.04. The molecule has 19 heavy (non-hydrogen) atoms. The first-order chi connectivity index (χ1) is 9.08. The number of rotatable bonds is 2. The lowest BCUT2D eigenvalue weighted by molar-refractivity contribution is 0.193. The molecule has 0 spiro atoms. The molecular formula is C13H12ClN3O2. The van der Waals surface area contributed by atoms with Crippen molar-refractivity contribution in [2.24, 2.45) is 7.05 Å². The zero-order valence-corrected chi connectivity index (χ0v) is 10.9. The number of nitrogens with two attached hydrogens (primary N) is 1. The Kier molecular flexibility index (Phi) is 2.73. The summed E-state index contributed by atoms with van der Waals surface area (Å²) in [5, 5.41) is 15.7. The molecule has 0 bridgehead atoms. The zero-order valence-electron chi connectivity index (χ0n) is 10.2. The van der Waals surface area contributed by atoms with Crippen molar-refractivity contribution < 1.29 is 9.52 Å². The van der Waals surface area contributed by atoms with Crippen molar-refractivity contribution >= 4 is 28.4 Å². The van der Waals surface area contributed by atoms with Crippen molar-refractivity contribution in [2.75, 3.05) is 5.73 Å². The van der Waals surface area contributed by atoms with E-state index in [1.165, 1.54) is 10.9 Å². The zero-order chi connectivity index (χ0) is 13.6. The summed E-state index contributed by atoms with van der Waals surface area (Å²) in [6.45, 7) is 0. The maximum Gasteiger partial charge on any atom is 0.153 e. The van der Waals surface area contributed by atoms with E-state index in [0.29, 0.717) is 27.7 Å². The molecule has 5 nitrogen and oxygen atoms in total. The molecule has 98 valence electrons. The van der Waals surface area contributed by atoms with Crippen molar-refractivity contribution in [2.45, 2.75) is 6.10 Å². The van der Waals surface area contributed by atoms with Crippen molar-refractivity contribution in [3.8, 4) is 0 Å². The number of furan rings is 1. The number of aliphatic hydroxyl groups excluding tert-OH is 1. The standard InChI is InChI=1S/C13H12ClN3O2/c1-17-13(15)8(6-16-17)11(18)10-5-7-3-2-4-9(14)12(7)19-10/h2-6,11,18H,15H2,1H3. The van der Waals surface area contributed by atoms with Gasteiger partial charge in [-0.2, -0.15) is 5.10 Å². The predicted octanol–water partition coefficient (Wildman–Crippen LogP) is 2.48. The molecule has 0 aliphatic rings. The molecule has 0 amide bonds. The third-order valence-corrected chi connectivity index (χ3v) is 3.39. The van der Waals surface area contributed by atoms with Gasteiger partial charge < -0.3 is 15.3 Å². The molecule has 2 aromatic heterocycles. The Balaban J connectivity index is 2.09. The van der Waals surface area contributed by atoms with E-state index in [4.69, 9.17) is 21.8 Å². The van der Waals surface area contributed by atoms with Gasteiger partial charge in [0.25, 0.3) is 0 Å². The number of aromatic nitrogens is 2. The Morgan fingerprint density at radius 3 is 2.89 bits per heavy atom. The average Bonchev–Trinajstić information content (AvgIpc) is 2.95. The Morgan fingerprint density at radius 1 is 1.47 bits per heavy atom. The third-order valence-electron chi connectivity index (χ3n) is 3.09. The lowest BCUT2D eigenvalue weighted by Gasteiger charge is -2.06. The summed E-state index contributed by atoms with van der Waals surface area (Å²) in [7, 11) is 1.71. The Bertz CT molecular complexity index is 748. The van der Waals surface area contributed by atoms with Crippen LogP contribution < -0.4 is 5.73 Å². The van der Waals surface area contributed by atoms with Crippen LogP contribution in [0, 0.1) is 0 Å². The number of benzene rings is 1. The van der Waals surface area contributed by atoms with Crippen LogP contribution in [-0.2, 0) is 7.05 Å². The lowest BCUT2D eigenvalue weighted by Crippen LogP contribution is -2.04. The van der Waals surface area contributed by atoms with Gasteiger partial charge in [0, 0.05) is 12.4 Å². The van der Waals surface area contributed by atoms with Gasteiger partial charge in [0.15, 0.2) is 5.58 Å². The first kappa shape index (κ1) is 12.1. The summed E-state index contributed by atoms with van der Waals surface area (Å²) in [5.41, 5.74) is 6.91. The van der Waals surface area contributed by atoms with E-state index in [1.807, 2.05) is 12.1 Å². The third kappa shape index (κ3) is 1.87. The summed E-state index contributed by atoms with van der Waals surface area (Å²) in [6.07, 6.45) is 0.562. The molecule has 3 N–H and O–H groups in total. The van der Waals surface area contributed by atoms with Gasteiger partial charge in [0.1, 0.15) is 17.7 Å². The first-order valence-electron chi connectivity index (χ1n) is 5.71. The van der Waals surface area contributed by atoms with Crippen molar-refractivity contribution in [3.05, 3.63) is 46.8 Å². The van der Waals surface area contributed by atoms with Gasteiger partial charge in [0.05, 0.1) is 16.8 Å². The molecule has 0 saturated carbocycles. The minimum absolute atomic E-state index is 0.391. The quantitative estimate of drug-likeness (QED) is 0.754. The minimum Gasteiger partial charge on any atom is -0.456 e. The molecule has 1 unspecified atom stereocenters. The SMILES string of the molecule is Cn1ncc(C(O)c2cc3cccc(Cl)c3o2)c1N. The van der Waals surface area contributed by atoms with Crippen LogP contribution in [0.5, 0.6) is 0 Å². The number of aliphatic hydroxyl groups is 1. The van der Waals surface area contributed by atoms with Crippen molar-refractivity contribution in [3.63, 3.8) is 0 Å². The number of nitrogens with zero attached hydrogens (tertiary/aromatic N) is 2. The number of aryl methyl sites for hydroxylation is 1. The molecule has 0 radical (unpaired) electrons. The van der Waals surface area contributed by atoms with Gasteiger partial charge in [0.2, 0.25) is 0 Å². The van der Waals surface area contributed by atoms with Crippen LogP contribution in [0.25, 0.3) is 11.0 Å². The summed E-state index contributed by atoms with van der Waals surface area (Å²) in [4.78, 5) is 0. The molecule has 2 heterocycles. The molecule has 6 heteroatoms. The van der Waals surface area contributed by atoms with E-state index >= 15 is 0 Å². The molecule has 0 saturated heterocycles. The van der Waals surface area contributed by atoms with Crippen LogP contribution in [-0.4, -0.2) is 14.9 Å². The molecule has 0 aliphatic heterocycles.